The molecule has 0 spiro atoms. The molecule has 0 aliphatic carbocycles. The van der Waals surface area contributed by atoms with Crippen LogP contribution in [0.3, 0.4) is 0 Å². The molecule has 1 aliphatic heterocycles. The average molecular weight is 477 g/mol. The summed E-state index contributed by atoms with van der Waals surface area (Å²) < 4.78 is 13.4. The number of pyridine rings is 1. The van der Waals surface area contributed by atoms with Crippen molar-refractivity contribution in [3.8, 4) is 22.1 Å². The molecule has 0 saturated carbocycles. The Morgan fingerprint density at radius 2 is 2.00 bits per heavy atom. The number of hydrogen-bond acceptors (Lipinski definition) is 7. The Morgan fingerprint density at radius 3 is 2.79 bits per heavy atom. The Labute approximate surface area is 202 Å². The molecule has 1 saturated heterocycles. The van der Waals surface area contributed by atoms with Gasteiger partial charge in [-0.25, -0.2) is 9.67 Å². The highest BCUT2D eigenvalue weighted by Gasteiger charge is 2.19. The molecular weight excluding hydrogens is 448 g/mol. The zero-order valence-electron chi connectivity index (χ0n) is 19.4. The maximum absolute atomic E-state index is 13.2. The number of piperidine rings is 1. The number of aromatic nitrogens is 3. The number of thiophene rings is 1. The van der Waals surface area contributed by atoms with E-state index in [1.54, 1.807) is 13.3 Å². The average Bonchev–Trinajstić information content (AvgIpc) is 3.31. The fourth-order valence-electron chi connectivity index (χ4n) is 4.30. The number of fused-ring (bicyclic) bond motifs is 1. The van der Waals surface area contributed by atoms with Crippen molar-refractivity contribution in [1.29, 1.82) is 0 Å². The lowest BCUT2D eigenvalue weighted by Crippen LogP contribution is -2.40. The van der Waals surface area contributed by atoms with Crippen LogP contribution in [0.4, 0.5) is 0 Å². The molecular formula is C26H28N4O3S. The number of benzene rings is 1. The molecule has 0 unspecified atom stereocenters. The monoisotopic (exact) mass is 476 g/mol. The van der Waals surface area contributed by atoms with E-state index in [1.165, 1.54) is 28.9 Å². The second kappa shape index (κ2) is 9.95. The lowest BCUT2D eigenvalue weighted by atomic mass is 10.0. The highest BCUT2D eigenvalue weighted by Crippen LogP contribution is 2.32. The number of hydrogen-bond donors (Lipinski definition) is 0. The van der Waals surface area contributed by atoms with E-state index in [-0.39, 0.29) is 5.56 Å². The molecule has 0 amide bonds. The molecule has 4 heterocycles. The predicted octanol–water partition coefficient (Wildman–Crippen LogP) is 4.44. The standard InChI is InChI=1S/C26H28N4O3S/c1-29-13-4-3-7-21(29)17-33-24-8-5-6-20(28-24)16-30-26(31)25-19(15-27-30)14-23(34-25)18-9-11-22(32-2)12-10-18/h5-6,8-12,14-15,21H,3-4,7,13,16-17H2,1-2H3/t21-/m0/s1. The van der Waals surface area contributed by atoms with Crippen LogP contribution in [0.25, 0.3) is 20.5 Å². The molecule has 8 heteroatoms. The van der Waals surface area contributed by atoms with Gasteiger partial charge >= 0.3 is 0 Å². The Bertz CT molecular complexity index is 1330. The summed E-state index contributed by atoms with van der Waals surface area (Å²) in [5.41, 5.74) is 1.68. The minimum atomic E-state index is -0.112. The van der Waals surface area contributed by atoms with Crippen LogP contribution in [-0.2, 0) is 6.54 Å². The van der Waals surface area contributed by atoms with Crippen LogP contribution in [0.1, 0.15) is 25.0 Å². The first-order valence-corrected chi connectivity index (χ1v) is 12.4. The Hall–Kier alpha value is -3.23. The number of rotatable bonds is 7. The molecule has 1 fully saturated rings. The van der Waals surface area contributed by atoms with E-state index in [0.717, 1.165) is 40.2 Å². The number of methoxy groups -OCH3 is 1. The third-order valence-corrected chi connectivity index (χ3v) is 7.53. The van der Waals surface area contributed by atoms with Crippen molar-refractivity contribution in [3.05, 3.63) is 70.8 Å². The van der Waals surface area contributed by atoms with Crippen molar-refractivity contribution in [2.45, 2.75) is 31.8 Å². The van der Waals surface area contributed by atoms with Crippen LogP contribution in [0.5, 0.6) is 11.6 Å². The van der Waals surface area contributed by atoms with Crippen LogP contribution in [0.15, 0.2) is 59.5 Å². The SMILES string of the molecule is COc1ccc(-c2cc3cnn(Cc4cccc(OC[C@@H]5CCCCN5C)n4)c(=O)c3s2)cc1. The third-order valence-electron chi connectivity index (χ3n) is 6.34. The largest absolute Gasteiger partial charge is 0.497 e. The fourth-order valence-corrected chi connectivity index (χ4v) is 5.38. The second-order valence-electron chi connectivity index (χ2n) is 8.64. The van der Waals surface area contributed by atoms with Crippen molar-refractivity contribution in [2.24, 2.45) is 0 Å². The molecule has 34 heavy (non-hydrogen) atoms. The van der Waals surface area contributed by atoms with Gasteiger partial charge in [-0.2, -0.15) is 5.10 Å². The van der Waals surface area contributed by atoms with Gasteiger partial charge in [0.25, 0.3) is 5.56 Å². The topological polar surface area (TPSA) is 69.5 Å². The van der Waals surface area contributed by atoms with Crippen molar-refractivity contribution < 1.29 is 9.47 Å². The van der Waals surface area contributed by atoms with Crippen molar-refractivity contribution >= 4 is 21.4 Å². The third kappa shape index (κ3) is 4.83. The van der Waals surface area contributed by atoms with E-state index in [2.05, 4.69) is 22.0 Å². The summed E-state index contributed by atoms with van der Waals surface area (Å²) in [5, 5.41) is 5.24. The van der Waals surface area contributed by atoms with Crippen molar-refractivity contribution in [1.82, 2.24) is 19.7 Å². The number of likely N-dealkylation sites (tertiary alicyclic amines) is 1. The van der Waals surface area contributed by atoms with Crippen LogP contribution < -0.4 is 15.0 Å². The normalized spacial score (nSPS) is 16.6. The molecule has 3 aromatic heterocycles. The van der Waals surface area contributed by atoms with Gasteiger partial charge in [-0.05, 0) is 68.4 Å². The zero-order valence-corrected chi connectivity index (χ0v) is 20.3. The van der Waals surface area contributed by atoms with Gasteiger partial charge in [-0.15, -0.1) is 11.3 Å². The lowest BCUT2D eigenvalue weighted by Gasteiger charge is -2.31. The molecule has 1 aromatic carbocycles. The quantitative estimate of drug-likeness (QED) is 0.393. The molecule has 4 aromatic rings. The van der Waals surface area contributed by atoms with Crippen LogP contribution in [-0.4, -0.2) is 53.0 Å². The summed E-state index contributed by atoms with van der Waals surface area (Å²) in [6.45, 7) is 2.03. The zero-order chi connectivity index (χ0) is 23.5. The Kier molecular flexibility index (Phi) is 6.60. The molecule has 0 N–H and O–H groups in total. The molecule has 1 aliphatic rings. The number of nitrogens with zero attached hydrogens (tertiary/aromatic N) is 4. The van der Waals surface area contributed by atoms with Crippen molar-refractivity contribution in [2.75, 3.05) is 27.3 Å². The molecule has 0 bridgehead atoms. The molecule has 0 radical (unpaired) electrons. The number of ether oxygens (including phenoxy) is 2. The van der Waals surface area contributed by atoms with Gasteiger partial charge in [-0.1, -0.05) is 12.5 Å². The molecule has 1 atom stereocenters. The van der Waals surface area contributed by atoms with Gasteiger partial charge < -0.3 is 14.4 Å². The lowest BCUT2D eigenvalue weighted by molar-refractivity contribution is 0.122. The molecule has 5 rings (SSSR count). The smallest absolute Gasteiger partial charge is 0.285 e. The minimum absolute atomic E-state index is 0.112. The van der Waals surface area contributed by atoms with E-state index in [4.69, 9.17) is 9.47 Å². The van der Waals surface area contributed by atoms with Crippen LogP contribution in [0, 0.1) is 0 Å². The van der Waals surface area contributed by atoms with Gasteiger partial charge in [-0.3, -0.25) is 4.79 Å². The van der Waals surface area contributed by atoms with E-state index in [9.17, 15) is 4.79 Å². The first-order chi connectivity index (χ1) is 16.6. The first-order valence-electron chi connectivity index (χ1n) is 11.5. The van der Waals surface area contributed by atoms with Crippen LogP contribution >= 0.6 is 11.3 Å². The second-order valence-corrected chi connectivity index (χ2v) is 9.69. The van der Waals surface area contributed by atoms with E-state index >= 15 is 0 Å². The van der Waals surface area contributed by atoms with Crippen LogP contribution in [0.2, 0.25) is 0 Å². The summed E-state index contributed by atoms with van der Waals surface area (Å²) in [6, 6.07) is 15.9. The summed E-state index contributed by atoms with van der Waals surface area (Å²) in [7, 11) is 3.80. The van der Waals surface area contributed by atoms with E-state index < -0.39 is 0 Å². The Balaban J connectivity index is 1.33. The fraction of sp³-hybridized carbons (Fsp3) is 0.346. The molecule has 176 valence electrons. The predicted molar refractivity (Wildman–Crippen MR) is 135 cm³/mol. The highest BCUT2D eigenvalue weighted by molar-refractivity contribution is 7.22. The Morgan fingerprint density at radius 1 is 1.15 bits per heavy atom. The number of likely N-dealkylation sites (N-methyl/N-ethyl adjacent to an activating group) is 1. The van der Waals surface area contributed by atoms with E-state index in [1.807, 2.05) is 48.5 Å². The van der Waals surface area contributed by atoms with Gasteiger partial charge in [0.2, 0.25) is 5.88 Å². The molecule has 7 nitrogen and oxygen atoms in total. The summed E-state index contributed by atoms with van der Waals surface area (Å²) in [5.74, 6) is 1.39. The first kappa shape index (κ1) is 22.6. The summed E-state index contributed by atoms with van der Waals surface area (Å²) in [6.07, 6.45) is 5.39. The van der Waals surface area contributed by atoms with Gasteiger partial charge in [0.05, 0.1) is 25.5 Å². The maximum Gasteiger partial charge on any atom is 0.285 e. The highest BCUT2D eigenvalue weighted by atomic mass is 32.1. The van der Waals surface area contributed by atoms with Crippen molar-refractivity contribution in [3.63, 3.8) is 0 Å². The summed E-state index contributed by atoms with van der Waals surface area (Å²) >= 11 is 1.48. The minimum Gasteiger partial charge on any atom is -0.497 e. The van der Waals surface area contributed by atoms with Gasteiger partial charge in [0, 0.05) is 22.4 Å². The van der Waals surface area contributed by atoms with E-state index in [0.29, 0.717) is 29.8 Å². The maximum atomic E-state index is 13.2. The summed E-state index contributed by atoms with van der Waals surface area (Å²) in [4.78, 5) is 21.2. The van der Waals surface area contributed by atoms with Gasteiger partial charge in [0.1, 0.15) is 17.1 Å². The van der Waals surface area contributed by atoms with Gasteiger partial charge in [0.15, 0.2) is 0 Å².